The Labute approximate surface area is 167 Å². The standard InChI is InChI=1S/C19H30BN3O5/c1-12-14(20-27-18(5,6)19(7,8)28-20)9-21-15(22-12)25-13-10-23(11-13)16(24)26-17(2,3)4/h9,13H,10-11H2,1-8H3. The molecular formula is C19H30BN3O5. The van der Waals surface area contributed by atoms with Crippen LogP contribution < -0.4 is 10.2 Å². The van der Waals surface area contributed by atoms with Crippen molar-refractivity contribution in [3.8, 4) is 6.01 Å². The van der Waals surface area contributed by atoms with Crippen LogP contribution in [-0.4, -0.2) is 64.1 Å². The van der Waals surface area contributed by atoms with E-state index in [-0.39, 0.29) is 18.2 Å². The van der Waals surface area contributed by atoms with Crippen molar-refractivity contribution in [2.24, 2.45) is 0 Å². The Kier molecular flexibility index (Phi) is 5.12. The normalized spacial score (nSPS) is 21.4. The molecule has 1 aromatic rings. The molecule has 9 heteroatoms. The Morgan fingerprint density at radius 1 is 1.21 bits per heavy atom. The summed E-state index contributed by atoms with van der Waals surface area (Å²) in [5.41, 5.74) is 0.181. The number of aromatic nitrogens is 2. The second kappa shape index (κ2) is 6.88. The van der Waals surface area contributed by atoms with E-state index in [0.717, 1.165) is 11.2 Å². The van der Waals surface area contributed by atoms with Crippen molar-refractivity contribution in [2.45, 2.75) is 78.3 Å². The average Bonchev–Trinajstić information content (AvgIpc) is 2.68. The highest BCUT2D eigenvalue weighted by Gasteiger charge is 2.52. The second-order valence-corrected chi connectivity index (χ2v) is 9.41. The number of aryl methyl sites for hydroxylation is 1. The molecule has 0 bridgehead atoms. The van der Waals surface area contributed by atoms with E-state index in [1.807, 2.05) is 55.4 Å². The van der Waals surface area contributed by atoms with Crippen molar-refractivity contribution in [3.05, 3.63) is 11.9 Å². The second-order valence-electron chi connectivity index (χ2n) is 9.41. The van der Waals surface area contributed by atoms with Crippen LogP contribution in [0.2, 0.25) is 0 Å². The van der Waals surface area contributed by atoms with E-state index in [0.29, 0.717) is 13.1 Å². The first kappa shape index (κ1) is 20.9. The largest absolute Gasteiger partial charge is 0.498 e. The van der Waals surface area contributed by atoms with Crippen LogP contribution in [-0.2, 0) is 14.0 Å². The number of likely N-dealkylation sites (tertiary alicyclic amines) is 1. The molecule has 2 aliphatic heterocycles. The highest BCUT2D eigenvalue weighted by atomic mass is 16.7. The lowest BCUT2D eigenvalue weighted by atomic mass is 9.79. The molecule has 154 valence electrons. The van der Waals surface area contributed by atoms with E-state index >= 15 is 0 Å². The van der Waals surface area contributed by atoms with Gasteiger partial charge in [-0.3, -0.25) is 0 Å². The van der Waals surface area contributed by atoms with Crippen LogP contribution in [0.25, 0.3) is 0 Å². The first-order valence-corrected chi connectivity index (χ1v) is 9.61. The Morgan fingerprint density at radius 2 is 1.79 bits per heavy atom. The maximum absolute atomic E-state index is 12.0. The van der Waals surface area contributed by atoms with Crippen LogP contribution in [0.3, 0.4) is 0 Å². The molecule has 0 radical (unpaired) electrons. The summed E-state index contributed by atoms with van der Waals surface area (Å²) in [7, 11) is -0.509. The maximum Gasteiger partial charge on any atom is 0.498 e. The fourth-order valence-corrected chi connectivity index (χ4v) is 2.85. The monoisotopic (exact) mass is 391 g/mol. The molecule has 2 aliphatic rings. The summed E-state index contributed by atoms with van der Waals surface area (Å²) < 4.78 is 23.3. The van der Waals surface area contributed by atoms with Crippen molar-refractivity contribution in [1.82, 2.24) is 14.9 Å². The minimum absolute atomic E-state index is 0.144. The molecule has 0 unspecified atom stereocenters. The van der Waals surface area contributed by atoms with Gasteiger partial charge in [0.25, 0.3) is 0 Å². The van der Waals surface area contributed by atoms with E-state index in [9.17, 15) is 4.79 Å². The molecule has 1 amide bonds. The van der Waals surface area contributed by atoms with Gasteiger partial charge in [0.05, 0.1) is 24.3 Å². The van der Waals surface area contributed by atoms with Gasteiger partial charge in [0.15, 0.2) is 0 Å². The van der Waals surface area contributed by atoms with E-state index < -0.39 is 23.9 Å². The summed E-state index contributed by atoms with van der Waals surface area (Å²) in [4.78, 5) is 22.3. The van der Waals surface area contributed by atoms with Gasteiger partial charge >= 0.3 is 19.2 Å². The van der Waals surface area contributed by atoms with Gasteiger partial charge in [-0.05, 0) is 55.4 Å². The first-order chi connectivity index (χ1) is 12.8. The summed E-state index contributed by atoms with van der Waals surface area (Å²) in [6.07, 6.45) is 1.21. The molecule has 2 fully saturated rings. The molecule has 28 heavy (non-hydrogen) atoms. The molecular weight excluding hydrogens is 361 g/mol. The lowest BCUT2D eigenvalue weighted by Gasteiger charge is -2.38. The summed E-state index contributed by atoms with van der Waals surface area (Å²) in [6, 6.07) is 0.284. The molecule has 8 nitrogen and oxygen atoms in total. The number of amides is 1. The molecule has 3 heterocycles. The zero-order valence-corrected chi connectivity index (χ0v) is 18.0. The number of hydrogen-bond acceptors (Lipinski definition) is 7. The predicted octanol–water partition coefficient (Wildman–Crippen LogP) is 2.08. The van der Waals surface area contributed by atoms with Crippen molar-refractivity contribution in [3.63, 3.8) is 0 Å². The number of ether oxygens (including phenoxy) is 2. The summed E-state index contributed by atoms with van der Waals surface area (Å²) in [5.74, 6) is 0. The lowest BCUT2D eigenvalue weighted by Crippen LogP contribution is -2.57. The fourth-order valence-electron chi connectivity index (χ4n) is 2.85. The van der Waals surface area contributed by atoms with Crippen molar-refractivity contribution < 1.29 is 23.6 Å². The third-order valence-electron chi connectivity index (χ3n) is 5.27. The van der Waals surface area contributed by atoms with Gasteiger partial charge in [0, 0.05) is 17.4 Å². The van der Waals surface area contributed by atoms with Crippen LogP contribution in [0.15, 0.2) is 6.20 Å². The van der Waals surface area contributed by atoms with Gasteiger partial charge in [-0.25, -0.2) is 14.8 Å². The summed E-state index contributed by atoms with van der Waals surface area (Å²) >= 11 is 0. The smallest absolute Gasteiger partial charge is 0.456 e. The zero-order chi connectivity index (χ0) is 20.9. The predicted molar refractivity (Wildman–Crippen MR) is 105 cm³/mol. The van der Waals surface area contributed by atoms with Gasteiger partial charge in [-0.2, -0.15) is 0 Å². The summed E-state index contributed by atoms with van der Waals surface area (Å²) in [5, 5.41) is 0. The molecule has 3 rings (SSSR count). The molecule has 1 aromatic heterocycles. The van der Waals surface area contributed by atoms with Crippen molar-refractivity contribution in [2.75, 3.05) is 13.1 Å². The number of rotatable bonds is 3. The number of carbonyl (C=O) groups excluding carboxylic acids is 1. The van der Waals surface area contributed by atoms with E-state index in [4.69, 9.17) is 18.8 Å². The van der Waals surface area contributed by atoms with Crippen molar-refractivity contribution >= 4 is 18.7 Å². The molecule has 0 saturated carbocycles. The van der Waals surface area contributed by atoms with Gasteiger partial charge in [-0.15, -0.1) is 0 Å². The topological polar surface area (TPSA) is 83.0 Å². The van der Waals surface area contributed by atoms with E-state index in [2.05, 4.69) is 9.97 Å². The third kappa shape index (κ3) is 4.25. The fraction of sp³-hybridized carbons (Fsp3) is 0.737. The van der Waals surface area contributed by atoms with E-state index in [1.165, 1.54) is 0 Å². The number of hydrogen-bond donors (Lipinski definition) is 0. The van der Waals surface area contributed by atoms with Gasteiger partial charge in [-0.1, -0.05) is 0 Å². The highest BCUT2D eigenvalue weighted by Crippen LogP contribution is 2.36. The van der Waals surface area contributed by atoms with Gasteiger partial charge in [0.2, 0.25) is 0 Å². The maximum atomic E-state index is 12.0. The molecule has 0 N–H and O–H groups in total. The zero-order valence-electron chi connectivity index (χ0n) is 18.0. The van der Waals surface area contributed by atoms with Gasteiger partial charge < -0.3 is 23.7 Å². The van der Waals surface area contributed by atoms with Crippen LogP contribution >= 0.6 is 0 Å². The SMILES string of the molecule is Cc1nc(OC2CN(C(=O)OC(C)(C)C)C2)ncc1B1OC(C)(C)C(C)(C)O1. The third-order valence-corrected chi connectivity index (χ3v) is 5.27. The minimum Gasteiger partial charge on any atom is -0.456 e. The lowest BCUT2D eigenvalue weighted by molar-refractivity contribution is -0.0244. The number of carbonyl (C=O) groups is 1. The van der Waals surface area contributed by atoms with Crippen LogP contribution in [0.1, 0.15) is 54.2 Å². The Morgan fingerprint density at radius 3 is 2.29 bits per heavy atom. The quantitative estimate of drug-likeness (QED) is 0.730. The number of nitrogens with zero attached hydrogens (tertiary/aromatic N) is 3. The first-order valence-electron chi connectivity index (χ1n) is 9.61. The van der Waals surface area contributed by atoms with Gasteiger partial charge in [0.1, 0.15) is 11.7 Å². The van der Waals surface area contributed by atoms with Crippen LogP contribution in [0.4, 0.5) is 4.79 Å². The molecule has 0 spiro atoms. The molecule has 0 atom stereocenters. The highest BCUT2D eigenvalue weighted by molar-refractivity contribution is 6.62. The average molecular weight is 391 g/mol. The Bertz CT molecular complexity index is 740. The van der Waals surface area contributed by atoms with Crippen LogP contribution in [0, 0.1) is 6.92 Å². The molecule has 2 saturated heterocycles. The van der Waals surface area contributed by atoms with Crippen molar-refractivity contribution in [1.29, 1.82) is 0 Å². The van der Waals surface area contributed by atoms with E-state index in [1.54, 1.807) is 11.1 Å². The van der Waals surface area contributed by atoms with Crippen LogP contribution in [0.5, 0.6) is 6.01 Å². The molecule has 0 aliphatic carbocycles. The Hall–Kier alpha value is -1.87. The Balaban J connectivity index is 1.57. The summed E-state index contributed by atoms with van der Waals surface area (Å²) in [6.45, 7) is 16.3. The minimum atomic E-state index is -0.509. The molecule has 0 aromatic carbocycles.